The van der Waals surface area contributed by atoms with E-state index in [1.807, 2.05) is 0 Å². The minimum Gasteiger partial charge on any atom is -0.356 e. The van der Waals surface area contributed by atoms with Gasteiger partial charge < -0.3 is 5.32 Å². The summed E-state index contributed by atoms with van der Waals surface area (Å²) in [6, 6.07) is 0. The van der Waals surface area contributed by atoms with Crippen molar-refractivity contribution in [2.45, 2.75) is 38.3 Å². The van der Waals surface area contributed by atoms with Gasteiger partial charge in [0.05, 0.1) is 0 Å². The van der Waals surface area contributed by atoms with Gasteiger partial charge in [-0.2, -0.15) is 13.2 Å². The third-order valence-electron chi connectivity index (χ3n) is 3.55. The maximum absolute atomic E-state index is 11.8. The van der Waals surface area contributed by atoms with Gasteiger partial charge in [-0.1, -0.05) is 0 Å². The van der Waals surface area contributed by atoms with Crippen molar-refractivity contribution in [3.63, 3.8) is 0 Å². The van der Waals surface area contributed by atoms with Crippen LogP contribution < -0.4 is 5.32 Å². The maximum atomic E-state index is 11.8. The van der Waals surface area contributed by atoms with E-state index in [2.05, 4.69) is 5.32 Å². The van der Waals surface area contributed by atoms with Crippen molar-refractivity contribution in [1.82, 2.24) is 5.32 Å². The van der Waals surface area contributed by atoms with Gasteiger partial charge in [-0.05, 0) is 37.5 Å². The van der Waals surface area contributed by atoms with Gasteiger partial charge in [0.25, 0.3) is 0 Å². The number of rotatable bonds is 4. The van der Waals surface area contributed by atoms with Gasteiger partial charge in [0.1, 0.15) is 0 Å². The quantitative estimate of drug-likeness (QED) is 0.745. The first-order valence-corrected chi connectivity index (χ1v) is 5.80. The second-order valence-corrected chi connectivity index (χ2v) is 4.93. The molecule has 16 heavy (non-hydrogen) atoms. The smallest absolute Gasteiger partial charge is 0.356 e. The van der Waals surface area contributed by atoms with Crippen LogP contribution in [0.2, 0.25) is 0 Å². The van der Waals surface area contributed by atoms with Gasteiger partial charge in [-0.15, -0.1) is 0 Å². The zero-order valence-electron chi connectivity index (χ0n) is 9.02. The molecule has 5 heteroatoms. The van der Waals surface area contributed by atoms with Crippen molar-refractivity contribution >= 4 is 5.91 Å². The molecule has 2 saturated carbocycles. The molecule has 0 heterocycles. The summed E-state index contributed by atoms with van der Waals surface area (Å²) in [4.78, 5) is 11.5. The van der Waals surface area contributed by atoms with Crippen LogP contribution in [0.3, 0.4) is 0 Å². The number of halogens is 3. The number of carbonyl (C=O) groups is 1. The molecule has 0 aromatic carbocycles. The Bertz CT molecular complexity index is 267. The highest BCUT2D eigenvalue weighted by Gasteiger charge is 2.47. The maximum Gasteiger partial charge on any atom is 0.389 e. The first-order chi connectivity index (χ1) is 7.46. The Labute approximate surface area is 92.6 Å². The van der Waals surface area contributed by atoms with Crippen molar-refractivity contribution in [3.8, 4) is 0 Å². The number of carbonyl (C=O) groups excluding carboxylic acids is 1. The van der Waals surface area contributed by atoms with Gasteiger partial charge in [-0.25, -0.2) is 0 Å². The van der Waals surface area contributed by atoms with Crippen LogP contribution in [0.15, 0.2) is 0 Å². The Morgan fingerprint density at radius 2 is 1.81 bits per heavy atom. The number of hydrogen-bond acceptors (Lipinski definition) is 1. The highest BCUT2D eigenvalue weighted by Crippen LogP contribution is 2.54. The predicted molar refractivity (Wildman–Crippen MR) is 52.6 cm³/mol. The van der Waals surface area contributed by atoms with Crippen LogP contribution >= 0.6 is 0 Å². The molecule has 2 atom stereocenters. The summed E-state index contributed by atoms with van der Waals surface area (Å²) < 4.78 is 35.5. The molecule has 2 fully saturated rings. The minimum atomic E-state index is -4.11. The van der Waals surface area contributed by atoms with Crippen LogP contribution in [0.5, 0.6) is 0 Å². The first-order valence-electron chi connectivity index (χ1n) is 5.80. The van der Waals surface area contributed by atoms with Crippen LogP contribution in [-0.2, 0) is 4.79 Å². The van der Waals surface area contributed by atoms with Crippen molar-refractivity contribution in [3.05, 3.63) is 0 Å². The van der Waals surface area contributed by atoms with Gasteiger partial charge >= 0.3 is 6.18 Å². The molecule has 2 nitrogen and oxygen atoms in total. The average molecular weight is 235 g/mol. The average Bonchev–Trinajstić information content (AvgIpc) is 2.79. The fourth-order valence-corrected chi connectivity index (χ4v) is 2.57. The molecule has 0 saturated heterocycles. The highest BCUT2D eigenvalue weighted by atomic mass is 19.4. The molecule has 2 aliphatic rings. The number of amides is 1. The van der Waals surface area contributed by atoms with Crippen LogP contribution in [0.25, 0.3) is 0 Å². The molecule has 0 spiro atoms. The van der Waals surface area contributed by atoms with Crippen molar-refractivity contribution in [2.75, 3.05) is 6.54 Å². The first kappa shape index (κ1) is 11.7. The lowest BCUT2D eigenvalue weighted by Crippen LogP contribution is -2.31. The molecule has 0 bridgehead atoms. The van der Waals surface area contributed by atoms with E-state index in [0.717, 1.165) is 24.7 Å². The van der Waals surface area contributed by atoms with Crippen LogP contribution in [-0.4, -0.2) is 18.6 Å². The molecule has 1 amide bonds. The van der Waals surface area contributed by atoms with E-state index >= 15 is 0 Å². The van der Waals surface area contributed by atoms with Crippen molar-refractivity contribution in [1.29, 1.82) is 0 Å². The topological polar surface area (TPSA) is 29.1 Å². The Morgan fingerprint density at radius 3 is 2.38 bits per heavy atom. The van der Waals surface area contributed by atoms with E-state index in [0.29, 0.717) is 0 Å². The van der Waals surface area contributed by atoms with E-state index in [1.165, 1.54) is 6.42 Å². The molecule has 0 aromatic rings. The number of hydrogen-bond donors (Lipinski definition) is 1. The van der Waals surface area contributed by atoms with E-state index in [-0.39, 0.29) is 24.8 Å². The normalized spacial score (nSPS) is 32.3. The summed E-state index contributed by atoms with van der Waals surface area (Å²) in [5, 5.41) is 2.60. The standard InChI is InChI=1S/C11H16F3NO/c12-11(13,14)2-1-3-15-10(16)9-5-7-4-8(7)6-9/h7-9H,1-6H2,(H,15,16). The van der Waals surface area contributed by atoms with Gasteiger partial charge in [0, 0.05) is 18.9 Å². The van der Waals surface area contributed by atoms with Gasteiger partial charge in [0.15, 0.2) is 0 Å². The second-order valence-electron chi connectivity index (χ2n) is 4.93. The lowest BCUT2D eigenvalue weighted by molar-refractivity contribution is -0.136. The molecular weight excluding hydrogens is 219 g/mol. The van der Waals surface area contributed by atoms with Crippen LogP contribution in [0.4, 0.5) is 13.2 Å². The van der Waals surface area contributed by atoms with E-state index in [1.54, 1.807) is 0 Å². The monoisotopic (exact) mass is 235 g/mol. The van der Waals surface area contributed by atoms with Crippen molar-refractivity contribution in [2.24, 2.45) is 17.8 Å². The number of fused-ring (bicyclic) bond motifs is 1. The summed E-state index contributed by atoms with van der Waals surface area (Å²) >= 11 is 0. The predicted octanol–water partition coefficient (Wildman–Crippen LogP) is 2.49. The zero-order chi connectivity index (χ0) is 11.8. The SMILES string of the molecule is O=C(NCCCC(F)(F)F)C1CC2CC2C1. The van der Waals surface area contributed by atoms with Crippen molar-refractivity contribution < 1.29 is 18.0 Å². The third kappa shape index (κ3) is 3.12. The van der Waals surface area contributed by atoms with E-state index in [9.17, 15) is 18.0 Å². The Kier molecular flexibility index (Phi) is 3.13. The minimum absolute atomic E-state index is 0.0190. The molecule has 2 unspecified atom stereocenters. The molecule has 0 aromatic heterocycles. The number of alkyl halides is 3. The molecule has 0 aliphatic heterocycles. The van der Waals surface area contributed by atoms with Crippen LogP contribution in [0.1, 0.15) is 32.1 Å². The summed E-state index contributed by atoms with van der Waals surface area (Å²) in [5.41, 5.74) is 0. The number of nitrogens with one attached hydrogen (secondary N) is 1. The van der Waals surface area contributed by atoms with Gasteiger partial charge in [-0.3, -0.25) is 4.79 Å². The highest BCUT2D eigenvalue weighted by molar-refractivity contribution is 5.79. The Balaban J connectivity index is 1.57. The largest absolute Gasteiger partial charge is 0.389 e. The lowest BCUT2D eigenvalue weighted by Gasteiger charge is -2.12. The fraction of sp³-hybridized carbons (Fsp3) is 0.909. The summed E-state index contributed by atoms with van der Waals surface area (Å²) in [6.07, 6.45) is -1.82. The summed E-state index contributed by atoms with van der Waals surface area (Å²) in [5.74, 6) is 1.47. The third-order valence-corrected chi connectivity index (χ3v) is 3.55. The Hall–Kier alpha value is -0.740. The second kappa shape index (κ2) is 4.26. The molecule has 2 rings (SSSR count). The lowest BCUT2D eigenvalue weighted by atomic mass is 10.0. The summed E-state index contributed by atoms with van der Waals surface area (Å²) in [7, 11) is 0. The molecule has 0 radical (unpaired) electrons. The van der Waals surface area contributed by atoms with E-state index in [4.69, 9.17) is 0 Å². The fourth-order valence-electron chi connectivity index (χ4n) is 2.57. The Morgan fingerprint density at radius 1 is 1.19 bits per heavy atom. The molecule has 2 aliphatic carbocycles. The molecule has 92 valence electrons. The molecular formula is C11H16F3NO. The van der Waals surface area contributed by atoms with Gasteiger partial charge in [0.2, 0.25) is 5.91 Å². The van der Waals surface area contributed by atoms with E-state index < -0.39 is 12.6 Å². The molecule has 1 N–H and O–H groups in total. The zero-order valence-corrected chi connectivity index (χ0v) is 9.02. The summed E-state index contributed by atoms with van der Waals surface area (Å²) in [6.45, 7) is 0.143. The van der Waals surface area contributed by atoms with Crippen LogP contribution in [0, 0.1) is 17.8 Å².